The van der Waals surface area contributed by atoms with Crippen molar-refractivity contribution in [1.29, 1.82) is 0 Å². The van der Waals surface area contributed by atoms with Gasteiger partial charge in [-0.25, -0.2) is 19.6 Å². The maximum Gasteiger partial charge on any atom is 0.392 e. The molecule has 0 fully saturated rings. The van der Waals surface area contributed by atoms with Gasteiger partial charge in [0.05, 0.1) is 11.6 Å². The van der Waals surface area contributed by atoms with Crippen molar-refractivity contribution in [3.05, 3.63) is 59.1 Å². The number of rotatable bonds is 5. The summed E-state index contributed by atoms with van der Waals surface area (Å²) in [6, 6.07) is 3.48. The maximum absolute atomic E-state index is 13.1. The highest BCUT2D eigenvalue weighted by atomic mass is 19.4. The highest BCUT2D eigenvalue weighted by Crippen LogP contribution is 2.34. The third-order valence-electron chi connectivity index (χ3n) is 6.07. The molecule has 0 saturated heterocycles. The summed E-state index contributed by atoms with van der Waals surface area (Å²) in [4.78, 5) is 30.3. The van der Waals surface area contributed by atoms with Crippen LogP contribution in [0.2, 0.25) is 0 Å². The molecule has 12 heteroatoms. The van der Waals surface area contributed by atoms with Crippen molar-refractivity contribution >= 4 is 11.7 Å². The van der Waals surface area contributed by atoms with Gasteiger partial charge in [-0.05, 0) is 37.0 Å². The Bertz CT molecular complexity index is 1390. The minimum atomic E-state index is -4.24. The number of carbonyl (C=O) groups is 1. The Balaban J connectivity index is 1.28. The molecule has 5 heterocycles. The molecule has 1 aliphatic heterocycles. The van der Waals surface area contributed by atoms with E-state index in [1.54, 1.807) is 28.9 Å². The molecule has 1 amide bonds. The van der Waals surface area contributed by atoms with Gasteiger partial charge >= 0.3 is 6.18 Å². The van der Waals surface area contributed by atoms with Crippen LogP contribution in [0.3, 0.4) is 0 Å². The molecular formula is C23H23F3N8O. The molecule has 0 bridgehead atoms. The topological polar surface area (TPSA) is 103 Å². The average Bonchev–Trinajstić information content (AvgIpc) is 3.42. The molecule has 0 aromatic carbocycles. The first-order chi connectivity index (χ1) is 16.7. The van der Waals surface area contributed by atoms with E-state index in [1.165, 1.54) is 4.68 Å². The second-order valence-corrected chi connectivity index (χ2v) is 8.60. The quantitative estimate of drug-likeness (QED) is 0.466. The van der Waals surface area contributed by atoms with Crippen molar-refractivity contribution in [2.24, 2.45) is 5.92 Å². The van der Waals surface area contributed by atoms with E-state index < -0.39 is 12.1 Å². The number of fused-ring (bicyclic) bond motifs is 2. The van der Waals surface area contributed by atoms with Gasteiger partial charge in [0.1, 0.15) is 17.2 Å². The summed E-state index contributed by atoms with van der Waals surface area (Å²) in [7, 11) is 0. The third kappa shape index (κ3) is 4.47. The van der Waals surface area contributed by atoms with Crippen molar-refractivity contribution in [1.82, 2.24) is 39.4 Å². The van der Waals surface area contributed by atoms with Crippen LogP contribution in [0.4, 0.5) is 13.2 Å². The van der Waals surface area contributed by atoms with Crippen LogP contribution in [0.5, 0.6) is 0 Å². The molecule has 1 aliphatic rings. The van der Waals surface area contributed by atoms with Gasteiger partial charge in [-0.3, -0.25) is 14.2 Å². The molecule has 1 unspecified atom stereocenters. The predicted octanol–water partition coefficient (Wildman–Crippen LogP) is 3.31. The van der Waals surface area contributed by atoms with Crippen LogP contribution >= 0.6 is 0 Å². The van der Waals surface area contributed by atoms with E-state index in [9.17, 15) is 18.0 Å². The Kier molecular flexibility index (Phi) is 5.73. The van der Waals surface area contributed by atoms with Crippen LogP contribution in [0.25, 0.3) is 17.3 Å². The van der Waals surface area contributed by atoms with Crippen LogP contribution in [-0.4, -0.2) is 46.2 Å². The highest BCUT2D eigenvalue weighted by molar-refractivity contribution is 5.94. The van der Waals surface area contributed by atoms with Gasteiger partial charge in [-0.15, -0.1) is 5.10 Å². The molecule has 9 nitrogen and oxygen atoms in total. The summed E-state index contributed by atoms with van der Waals surface area (Å²) in [6.07, 6.45) is 1.29. The Morgan fingerprint density at radius 1 is 1.20 bits per heavy atom. The van der Waals surface area contributed by atoms with Gasteiger partial charge in [0, 0.05) is 38.1 Å². The van der Waals surface area contributed by atoms with Gasteiger partial charge in [-0.1, -0.05) is 13.0 Å². The van der Waals surface area contributed by atoms with Crippen LogP contribution < -0.4 is 5.32 Å². The van der Waals surface area contributed by atoms with Crippen molar-refractivity contribution in [2.45, 2.75) is 52.4 Å². The number of aromatic nitrogens is 7. The number of nitrogens with one attached hydrogen (secondary N) is 1. The number of pyridine rings is 1. The van der Waals surface area contributed by atoms with Gasteiger partial charge in [0.2, 0.25) is 5.78 Å². The number of alkyl halides is 3. The minimum absolute atomic E-state index is 0.00673. The highest BCUT2D eigenvalue weighted by Gasteiger charge is 2.42. The molecule has 0 aliphatic carbocycles. The lowest BCUT2D eigenvalue weighted by Gasteiger charge is -2.24. The van der Waals surface area contributed by atoms with Crippen molar-refractivity contribution in [2.75, 3.05) is 0 Å². The van der Waals surface area contributed by atoms with E-state index >= 15 is 0 Å². The second kappa shape index (κ2) is 8.75. The van der Waals surface area contributed by atoms with Crippen LogP contribution in [0, 0.1) is 12.8 Å². The number of hydrogen-bond acceptors (Lipinski definition) is 6. The normalized spacial score (nSPS) is 15.9. The van der Waals surface area contributed by atoms with Gasteiger partial charge in [-0.2, -0.15) is 13.2 Å². The number of carbonyl (C=O) groups excluding carboxylic acids is 1. The summed E-state index contributed by atoms with van der Waals surface area (Å²) in [5, 5.41) is 7.22. The maximum atomic E-state index is 13.1. The van der Waals surface area contributed by atoms with Crippen LogP contribution in [0.1, 0.15) is 46.5 Å². The molecule has 35 heavy (non-hydrogen) atoms. The number of nitrogens with zero attached hydrogens (tertiary/aromatic N) is 7. The number of aryl methyl sites for hydroxylation is 3. The molecule has 1 N–H and O–H groups in total. The number of imidazole rings is 1. The van der Waals surface area contributed by atoms with Crippen molar-refractivity contribution < 1.29 is 18.0 Å². The standard InChI is InChI=1S/C23H23F3N8O/c1-3-16-19(33-12-13(2)9-29-22(33)30-16)21(35)28-11-14-4-5-17(27-10-14)20-31-18-8-15(23(24,25)26)6-7-34(18)32-20/h4-5,9-10,12,15H,3,6-8,11H2,1-2H3,(H,28,35). The summed E-state index contributed by atoms with van der Waals surface area (Å²) < 4.78 is 42.4. The predicted molar refractivity (Wildman–Crippen MR) is 119 cm³/mol. The van der Waals surface area contributed by atoms with Gasteiger partial charge in [0.25, 0.3) is 5.91 Å². The van der Waals surface area contributed by atoms with E-state index in [2.05, 4.69) is 30.4 Å². The fraction of sp³-hybridized carbons (Fsp3) is 0.391. The summed E-state index contributed by atoms with van der Waals surface area (Å²) in [5.74, 6) is -0.587. The Morgan fingerprint density at radius 2 is 2.03 bits per heavy atom. The zero-order valence-corrected chi connectivity index (χ0v) is 19.2. The van der Waals surface area contributed by atoms with E-state index in [0.29, 0.717) is 40.9 Å². The Hall–Kier alpha value is -3.83. The van der Waals surface area contributed by atoms with Crippen molar-refractivity contribution in [3.8, 4) is 11.5 Å². The minimum Gasteiger partial charge on any atom is -0.347 e. The molecule has 0 spiro atoms. The smallest absolute Gasteiger partial charge is 0.347 e. The summed E-state index contributed by atoms with van der Waals surface area (Å²) in [6.45, 7) is 4.24. The molecule has 1 atom stereocenters. The molecule has 4 aromatic rings. The van der Waals surface area contributed by atoms with E-state index in [1.807, 2.05) is 20.0 Å². The molecule has 0 radical (unpaired) electrons. The van der Waals surface area contributed by atoms with Gasteiger partial charge < -0.3 is 5.32 Å². The second-order valence-electron chi connectivity index (χ2n) is 8.60. The van der Waals surface area contributed by atoms with Crippen LogP contribution in [-0.2, 0) is 25.9 Å². The zero-order valence-electron chi connectivity index (χ0n) is 19.2. The average molecular weight is 484 g/mol. The first-order valence-corrected chi connectivity index (χ1v) is 11.3. The van der Waals surface area contributed by atoms with Crippen molar-refractivity contribution in [3.63, 3.8) is 0 Å². The fourth-order valence-corrected chi connectivity index (χ4v) is 4.18. The number of halogens is 3. The Morgan fingerprint density at radius 3 is 2.74 bits per heavy atom. The monoisotopic (exact) mass is 484 g/mol. The lowest BCUT2D eigenvalue weighted by Crippen LogP contribution is -2.31. The molecular weight excluding hydrogens is 461 g/mol. The van der Waals surface area contributed by atoms with Crippen LogP contribution in [0.15, 0.2) is 30.7 Å². The first-order valence-electron chi connectivity index (χ1n) is 11.3. The lowest BCUT2D eigenvalue weighted by atomic mass is 9.98. The fourth-order valence-electron chi connectivity index (χ4n) is 4.18. The summed E-state index contributed by atoms with van der Waals surface area (Å²) in [5.41, 5.74) is 3.24. The van der Waals surface area contributed by atoms with E-state index in [-0.39, 0.29) is 31.8 Å². The molecule has 5 rings (SSSR count). The van der Waals surface area contributed by atoms with E-state index in [4.69, 9.17) is 0 Å². The Labute approximate surface area is 198 Å². The van der Waals surface area contributed by atoms with Gasteiger partial charge in [0.15, 0.2) is 5.82 Å². The number of hydrogen-bond donors (Lipinski definition) is 1. The zero-order chi connectivity index (χ0) is 24.7. The first kappa shape index (κ1) is 22.9. The van der Waals surface area contributed by atoms with E-state index in [0.717, 1.165) is 11.1 Å². The number of amides is 1. The largest absolute Gasteiger partial charge is 0.392 e. The summed E-state index contributed by atoms with van der Waals surface area (Å²) >= 11 is 0. The lowest BCUT2D eigenvalue weighted by molar-refractivity contribution is -0.179. The SMILES string of the molecule is CCc1nc2ncc(C)cn2c1C(=O)NCc1ccc(-c2nc3n(n2)CCC(C(F)(F)F)C3)nc1. The third-order valence-corrected chi connectivity index (χ3v) is 6.07. The molecule has 0 saturated carbocycles. The molecule has 4 aromatic heterocycles. The molecule has 182 valence electrons.